The summed E-state index contributed by atoms with van der Waals surface area (Å²) in [6.45, 7) is 2.73. The number of nitrogens with one attached hydrogen (secondary N) is 2. The Morgan fingerprint density at radius 3 is 2.67 bits per heavy atom. The molecule has 0 saturated heterocycles. The second-order valence-electron chi connectivity index (χ2n) is 5.72. The molecule has 8 heteroatoms. The lowest BCUT2D eigenvalue weighted by atomic mass is 10.3. The van der Waals surface area contributed by atoms with E-state index in [1.54, 1.807) is 13.1 Å². The van der Waals surface area contributed by atoms with Gasteiger partial charge in [-0.15, -0.1) is 0 Å². The van der Waals surface area contributed by atoms with Gasteiger partial charge in [0, 0.05) is 24.0 Å². The summed E-state index contributed by atoms with van der Waals surface area (Å²) < 4.78 is 7.06. The Kier molecular flexibility index (Phi) is 6.45. The van der Waals surface area contributed by atoms with Gasteiger partial charge in [0.15, 0.2) is 0 Å². The van der Waals surface area contributed by atoms with Gasteiger partial charge < -0.3 is 10.1 Å². The summed E-state index contributed by atoms with van der Waals surface area (Å²) >= 11 is 1.27. The molecule has 0 unspecified atom stereocenters. The second-order valence-corrected chi connectivity index (χ2v) is 6.73. The summed E-state index contributed by atoms with van der Waals surface area (Å²) in [5.41, 5.74) is 0.557. The van der Waals surface area contributed by atoms with Gasteiger partial charge in [-0.05, 0) is 31.2 Å². The largest absolute Gasteiger partial charge is 0.383 e. The van der Waals surface area contributed by atoms with Crippen LogP contribution in [0.15, 0.2) is 74.4 Å². The Labute approximate surface area is 160 Å². The second kappa shape index (κ2) is 9.20. The van der Waals surface area contributed by atoms with Crippen LogP contribution in [0.2, 0.25) is 0 Å². The minimum Gasteiger partial charge on any atom is -0.383 e. The third kappa shape index (κ3) is 5.08. The van der Waals surface area contributed by atoms with E-state index in [9.17, 15) is 9.59 Å². The first-order chi connectivity index (χ1) is 13.1. The first kappa shape index (κ1) is 18.9. The molecule has 0 aliphatic carbocycles. The minimum absolute atomic E-state index is 0.0437. The number of aromatic amines is 1. The highest BCUT2D eigenvalue weighted by Crippen LogP contribution is 2.26. The molecule has 0 aliphatic heterocycles. The molecule has 2 aromatic heterocycles. The third-order valence-electron chi connectivity index (χ3n) is 3.78. The molecule has 0 aliphatic rings. The molecular weight excluding hydrogens is 364 g/mol. The molecule has 0 radical (unpaired) electrons. The molecular formula is C19H20N4O3S. The minimum atomic E-state index is -0.500. The zero-order chi connectivity index (χ0) is 19.1. The Balaban J connectivity index is 1.68. The molecule has 2 N–H and O–H groups in total. The zero-order valence-electron chi connectivity index (χ0n) is 14.8. The number of rotatable bonds is 8. The van der Waals surface area contributed by atoms with Crippen molar-refractivity contribution in [2.45, 2.75) is 23.7 Å². The maximum Gasteiger partial charge on any atom is 0.331 e. The summed E-state index contributed by atoms with van der Waals surface area (Å²) in [7, 11) is 0. The number of hydrogen-bond acceptors (Lipinski definition) is 6. The van der Waals surface area contributed by atoms with E-state index < -0.39 is 11.2 Å². The van der Waals surface area contributed by atoms with E-state index in [0.29, 0.717) is 28.8 Å². The lowest BCUT2D eigenvalue weighted by molar-refractivity contribution is 0.0754. The van der Waals surface area contributed by atoms with Gasteiger partial charge in [0.1, 0.15) is 11.8 Å². The highest BCUT2D eigenvalue weighted by molar-refractivity contribution is 7.99. The van der Waals surface area contributed by atoms with Gasteiger partial charge in [-0.25, -0.2) is 9.78 Å². The van der Waals surface area contributed by atoms with Crippen molar-refractivity contribution >= 4 is 17.4 Å². The maximum atomic E-state index is 12.3. The van der Waals surface area contributed by atoms with Crippen molar-refractivity contribution < 1.29 is 4.74 Å². The average molecular weight is 384 g/mol. The third-order valence-corrected chi connectivity index (χ3v) is 4.95. The maximum absolute atomic E-state index is 12.3. The predicted molar refractivity (Wildman–Crippen MR) is 105 cm³/mol. The van der Waals surface area contributed by atoms with Crippen LogP contribution in [0.5, 0.6) is 0 Å². The molecule has 0 spiro atoms. The van der Waals surface area contributed by atoms with Crippen LogP contribution in [0.25, 0.3) is 0 Å². The first-order valence-corrected chi connectivity index (χ1v) is 9.26. The molecule has 7 nitrogen and oxygen atoms in total. The Bertz CT molecular complexity index is 987. The fraction of sp³-hybridized carbons (Fsp3) is 0.211. The van der Waals surface area contributed by atoms with E-state index in [4.69, 9.17) is 4.74 Å². The molecule has 1 aromatic carbocycles. The van der Waals surface area contributed by atoms with Crippen molar-refractivity contribution in [1.29, 1.82) is 0 Å². The van der Waals surface area contributed by atoms with Crippen LogP contribution in [0, 0.1) is 6.92 Å². The summed E-state index contributed by atoms with van der Waals surface area (Å²) in [5.74, 6) is 0. The van der Waals surface area contributed by atoms with Crippen LogP contribution in [0.1, 0.15) is 5.56 Å². The van der Waals surface area contributed by atoms with Gasteiger partial charge >= 0.3 is 5.69 Å². The molecule has 0 saturated carbocycles. The number of para-hydroxylation sites is 1. The first-order valence-electron chi connectivity index (χ1n) is 8.44. The highest BCUT2D eigenvalue weighted by Gasteiger charge is 2.13. The fourth-order valence-electron chi connectivity index (χ4n) is 2.38. The summed E-state index contributed by atoms with van der Waals surface area (Å²) in [6.07, 6.45) is 1.67. The van der Waals surface area contributed by atoms with Gasteiger partial charge in [-0.1, -0.05) is 36.0 Å². The van der Waals surface area contributed by atoms with Crippen LogP contribution >= 0.6 is 11.8 Å². The van der Waals surface area contributed by atoms with E-state index in [1.165, 1.54) is 16.3 Å². The van der Waals surface area contributed by atoms with E-state index in [1.807, 2.05) is 48.5 Å². The predicted octanol–water partition coefficient (Wildman–Crippen LogP) is 2.48. The number of aromatic nitrogens is 3. The number of benzene rings is 1. The van der Waals surface area contributed by atoms with Crippen molar-refractivity contribution in [2.24, 2.45) is 0 Å². The van der Waals surface area contributed by atoms with E-state index in [2.05, 4.69) is 15.3 Å². The SMILES string of the molecule is Cc1c(Sc2ccccn2)n(COCCNc2ccccc2)c(=O)[nH]c1=O. The Hall–Kier alpha value is -2.84. The number of hydrogen-bond donors (Lipinski definition) is 2. The van der Waals surface area contributed by atoms with Crippen molar-refractivity contribution in [1.82, 2.24) is 14.5 Å². The average Bonchev–Trinajstić information content (AvgIpc) is 2.69. The van der Waals surface area contributed by atoms with Gasteiger partial charge in [-0.3, -0.25) is 14.3 Å². The molecule has 0 amide bonds. The van der Waals surface area contributed by atoms with Crippen LogP contribution in [0.3, 0.4) is 0 Å². The quantitative estimate of drug-likeness (QED) is 0.458. The van der Waals surface area contributed by atoms with E-state index in [-0.39, 0.29) is 6.73 Å². The monoisotopic (exact) mass is 384 g/mol. The number of anilines is 1. The topological polar surface area (TPSA) is 89.0 Å². The zero-order valence-corrected chi connectivity index (χ0v) is 15.7. The van der Waals surface area contributed by atoms with Crippen molar-refractivity contribution in [3.63, 3.8) is 0 Å². The number of pyridine rings is 1. The van der Waals surface area contributed by atoms with Gasteiger partial charge in [0.05, 0.1) is 11.6 Å². The van der Waals surface area contributed by atoms with Crippen LogP contribution in [-0.4, -0.2) is 27.7 Å². The van der Waals surface area contributed by atoms with Crippen molar-refractivity contribution in [3.8, 4) is 0 Å². The summed E-state index contributed by atoms with van der Waals surface area (Å²) in [4.78, 5) is 30.8. The number of nitrogens with zero attached hydrogens (tertiary/aromatic N) is 2. The van der Waals surface area contributed by atoms with Gasteiger partial charge in [0.25, 0.3) is 5.56 Å². The summed E-state index contributed by atoms with van der Waals surface area (Å²) in [6, 6.07) is 15.3. The molecule has 3 aromatic rings. The standard InChI is InChI=1S/C19H20N4O3S/c1-14-17(24)22-19(25)23(18(14)27-16-9-5-6-10-21-16)13-26-12-11-20-15-7-3-2-4-8-15/h2-10,20H,11-13H2,1H3,(H,22,24,25). The molecule has 140 valence electrons. The van der Waals surface area contributed by atoms with Gasteiger partial charge in [-0.2, -0.15) is 0 Å². The van der Waals surface area contributed by atoms with Crippen LogP contribution in [-0.2, 0) is 11.5 Å². The number of ether oxygens (including phenoxy) is 1. The normalized spacial score (nSPS) is 10.7. The number of H-pyrrole nitrogens is 1. The fourth-order valence-corrected chi connectivity index (χ4v) is 3.33. The molecule has 0 fully saturated rings. The van der Waals surface area contributed by atoms with E-state index in [0.717, 1.165) is 5.69 Å². The lowest BCUT2D eigenvalue weighted by Crippen LogP contribution is -2.34. The Morgan fingerprint density at radius 2 is 1.93 bits per heavy atom. The molecule has 27 heavy (non-hydrogen) atoms. The van der Waals surface area contributed by atoms with Gasteiger partial charge in [0.2, 0.25) is 0 Å². The molecule has 0 atom stereocenters. The molecule has 3 rings (SSSR count). The van der Waals surface area contributed by atoms with E-state index >= 15 is 0 Å². The lowest BCUT2D eigenvalue weighted by Gasteiger charge is -2.14. The molecule has 2 heterocycles. The Morgan fingerprint density at radius 1 is 1.15 bits per heavy atom. The molecule has 0 bridgehead atoms. The summed E-state index contributed by atoms with van der Waals surface area (Å²) in [5, 5.41) is 4.46. The smallest absolute Gasteiger partial charge is 0.331 e. The van der Waals surface area contributed by atoms with Crippen LogP contribution < -0.4 is 16.6 Å². The highest BCUT2D eigenvalue weighted by atomic mass is 32.2. The van der Waals surface area contributed by atoms with Crippen molar-refractivity contribution in [3.05, 3.63) is 81.1 Å². The van der Waals surface area contributed by atoms with Crippen LogP contribution in [0.4, 0.5) is 5.69 Å². The van der Waals surface area contributed by atoms with Crippen molar-refractivity contribution in [2.75, 3.05) is 18.5 Å².